The van der Waals surface area contributed by atoms with Crippen molar-refractivity contribution in [1.82, 2.24) is 0 Å². The summed E-state index contributed by atoms with van der Waals surface area (Å²) in [5.41, 5.74) is 13.3. The van der Waals surface area contributed by atoms with Crippen LogP contribution in [0.4, 0.5) is 0 Å². The molecule has 1 unspecified atom stereocenters. The van der Waals surface area contributed by atoms with Gasteiger partial charge >= 0.3 is 0 Å². The molecule has 11 aromatic rings. The van der Waals surface area contributed by atoms with Gasteiger partial charge in [0.2, 0.25) is 0 Å². The van der Waals surface area contributed by atoms with Crippen LogP contribution in [0, 0.1) is 0 Å². The normalized spacial score (nSPS) is 15.9. The van der Waals surface area contributed by atoms with Gasteiger partial charge < -0.3 is 0 Å². The van der Waals surface area contributed by atoms with Crippen LogP contribution in [0.15, 0.2) is 170 Å². The van der Waals surface area contributed by atoms with E-state index in [1.807, 2.05) is 22.7 Å². The zero-order chi connectivity index (χ0) is 37.0. The molecular formula is C55H32S2. The predicted molar refractivity (Wildman–Crippen MR) is 245 cm³/mol. The summed E-state index contributed by atoms with van der Waals surface area (Å²) in [5.74, 6) is 0.313. The van der Waals surface area contributed by atoms with E-state index in [0.29, 0.717) is 5.92 Å². The van der Waals surface area contributed by atoms with Crippen molar-refractivity contribution in [2.75, 3.05) is 0 Å². The van der Waals surface area contributed by atoms with Crippen molar-refractivity contribution in [3.8, 4) is 22.3 Å². The molecule has 0 fully saturated rings. The van der Waals surface area contributed by atoms with Crippen LogP contribution in [-0.4, -0.2) is 0 Å². The Kier molecular flexibility index (Phi) is 5.93. The summed E-state index contributed by atoms with van der Waals surface area (Å²) in [5, 5.41) is 12.3. The maximum atomic E-state index is 2.63. The fraction of sp³-hybridized carbons (Fsp3) is 0.0545. The van der Waals surface area contributed by atoms with Crippen LogP contribution in [-0.2, 0) is 5.41 Å². The number of thiophene rings is 2. The zero-order valence-electron chi connectivity index (χ0n) is 30.8. The average molecular weight is 757 g/mol. The minimum Gasteiger partial charge on any atom is -0.139 e. The topological polar surface area (TPSA) is 0 Å². The van der Waals surface area contributed by atoms with E-state index >= 15 is 0 Å². The van der Waals surface area contributed by atoms with Crippen molar-refractivity contribution in [1.29, 1.82) is 0 Å². The SMILES string of the molecule is C1=Cc2c(sc3ccccc23)C(c2ccc3c(c2)C2(c4cc(-c5cccc6c5sc5ccccc56)ccc4-3)c3cccc4c5ccccc5c5cccc2c5c34)C1. The van der Waals surface area contributed by atoms with Crippen LogP contribution in [0.25, 0.3) is 90.9 Å². The molecule has 0 aliphatic heterocycles. The lowest BCUT2D eigenvalue weighted by Crippen LogP contribution is -2.26. The van der Waals surface area contributed by atoms with Gasteiger partial charge in [-0.15, -0.1) is 22.7 Å². The molecule has 14 rings (SSSR count). The number of hydrogen-bond donors (Lipinski definition) is 0. The first-order chi connectivity index (χ1) is 28.3. The highest BCUT2D eigenvalue weighted by Gasteiger charge is 2.51. The molecule has 3 aliphatic rings. The highest BCUT2D eigenvalue weighted by molar-refractivity contribution is 7.26. The minimum atomic E-state index is -0.461. The van der Waals surface area contributed by atoms with Crippen molar-refractivity contribution in [2.24, 2.45) is 0 Å². The Balaban J connectivity index is 1.08. The van der Waals surface area contributed by atoms with E-state index < -0.39 is 5.41 Å². The quantitative estimate of drug-likeness (QED) is 0.154. The van der Waals surface area contributed by atoms with Gasteiger partial charge in [0.25, 0.3) is 0 Å². The molecule has 0 bridgehead atoms. The molecule has 0 saturated carbocycles. The van der Waals surface area contributed by atoms with Gasteiger partial charge in [0.1, 0.15) is 0 Å². The fourth-order valence-electron chi connectivity index (χ4n) is 11.3. The van der Waals surface area contributed by atoms with Crippen LogP contribution >= 0.6 is 22.7 Å². The lowest BCUT2D eigenvalue weighted by molar-refractivity contribution is 0.784. The molecular weight excluding hydrogens is 725 g/mol. The van der Waals surface area contributed by atoms with Gasteiger partial charge in [0.05, 0.1) is 5.41 Å². The Morgan fingerprint density at radius 1 is 0.439 bits per heavy atom. The molecule has 3 aliphatic carbocycles. The summed E-state index contributed by atoms with van der Waals surface area (Å²) in [4.78, 5) is 1.49. The third-order valence-electron chi connectivity index (χ3n) is 13.6. The van der Waals surface area contributed by atoms with Crippen molar-refractivity contribution < 1.29 is 0 Å². The Morgan fingerprint density at radius 3 is 1.79 bits per heavy atom. The molecule has 264 valence electrons. The van der Waals surface area contributed by atoms with E-state index in [9.17, 15) is 0 Å². The number of benzene rings is 9. The van der Waals surface area contributed by atoms with E-state index in [1.54, 1.807) is 0 Å². The van der Waals surface area contributed by atoms with Crippen LogP contribution < -0.4 is 0 Å². The second-order valence-corrected chi connectivity index (χ2v) is 18.3. The van der Waals surface area contributed by atoms with Crippen molar-refractivity contribution in [3.63, 3.8) is 0 Å². The molecule has 2 heterocycles. The van der Waals surface area contributed by atoms with Gasteiger partial charge in [-0.2, -0.15) is 0 Å². The minimum absolute atomic E-state index is 0.313. The van der Waals surface area contributed by atoms with Crippen molar-refractivity contribution in [3.05, 3.63) is 208 Å². The Hall–Kier alpha value is -6.32. The summed E-state index contributed by atoms with van der Waals surface area (Å²) in [7, 11) is 0. The van der Waals surface area contributed by atoms with Gasteiger partial charge in [0, 0.05) is 35.7 Å². The zero-order valence-corrected chi connectivity index (χ0v) is 32.5. The molecule has 0 N–H and O–H groups in total. The monoisotopic (exact) mass is 756 g/mol. The molecule has 2 heteroatoms. The molecule has 0 amide bonds. The lowest BCUT2D eigenvalue weighted by Gasteiger charge is -2.32. The third-order valence-corrected chi connectivity index (χ3v) is 16.1. The van der Waals surface area contributed by atoms with Crippen molar-refractivity contribution in [2.45, 2.75) is 17.8 Å². The smallest absolute Gasteiger partial charge is 0.0726 e. The summed E-state index contributed by atoms with van der Waals surface area (Å²) < 4.78 is 4.08. The first-order valence-electron chi connectivity index (χ1n) is 20.0. The summed E-state index contributed by atoms with van der Waals surface area (Å²) in [6.07, 6.45) is 5.79. The van der Waals surface area contributed by atoms with Crippen LogP contribution in [0.2, 0.25) is 0 Å². The second kappa shape index (κ2) is 11.0. The van der Waals surface area contributed by atoms with E-state index in [4.69, 9.17) is 0 Å². The largest absolute Gasteiger partial charge is 0.139 e. The van der Waals surface area contributed by atoms with Gasteiger partial charge in [-0.05, 0) is 118 Å². The Bertz CT molecular complexity index is 3550. The molecule has 0 saturated heterocycles. The maximum absolute atomic E-state index is 2.63. The van der Waals surface area contributed by atoms with Gasteiger partial charge in [-0.1, -0.05) is 158 Å². The van der Waals surface area contributed by atoms with Crippen LogP contribution in [0.3, 0.4) is 0 Å². The van der Waals surface area contributed by atoms with E-state index in [0.717, 1.165) is 6.42 Å². The standard InChI is InChI=1S/C55H32S2/c1-2-12-36-35(11-1)41-17-9-21-45-51(41)52-42(36)18-10-22-46(52)55(45)47-29-31(33-15-7-19-43-39-13-3-5-23-49(39)56-53(33)43)25-27-37(47)38-28-26-32(30-48(38)55)34-16-8-20-44-40-14-4-6-24-50(40)57-54(34)44/h1-15,17-30,34H,16H2. The molecule has 9 aromatic carbocycles. The maximum Gasteiger partial charge on any atom is 0.0726 e. The molecule has 1 spiro atoms. The molecule has 57 heavy (non-hydrogen) atoms. The number of hydrogen-bond acceptors (Lipinski definition) is 2. The van der Waals surface area contributed by atoms with Crippen LogP contribution in [0.5, 0.6) is 0 Å². The number of allylic oxidation sites excluding steroid dienone is 1. The van der Waals surface area contributed by atoms with Crippen LogP contribution in [0.1, 0.15) is 50.6 Å². The van der Waals surface area contributed by atoms with Gasteiger partial charge in [0.15, 0.2) is 0 Å². The van der Waals surface area contributed by atoms with E-state index in [-0.39, 0.29) is 0 Å². The first kappa shape index (κ1) is 30.8. The Morgan fingerprint density at radius 2 is 1.04 bits per heavy atom. The van der Waals surface area contributed by atoms with Crippen molar-refractivity contribution >= 4 is 91.3 Å². The summed E-state index contributed by atoms with van der Waals surface area (Å²) >= 11 is 3.90. The molecule has 0 nitrogen and oxygen atoms in total. The molecule has 1 atom stereocenters. The predicted octanol–water partition coefficient (Wildman–Crippen LogP) is 15.6. The molecule has 2 aromatic heterocycles. The number of fused-ring (bicyclic) bond motifs is 16. The highest BCUT2D eigenvalue weighted by Crippen LogP contribution is 2.64. The van der Waals surface area contributed by atoms with Gasteiger partial charge in [-0.3, -0.25) is 0 Å². The Labute approximate surface area is 337 Å². The highest BCUT2D eigenvalue weighted by atomic mass is 32.1. The first-order valence-corrected chi connectivity index (χ1v) is 21.7. The lowest BCUT2D eigenvalue weighted by atomic mass is 9.69. The number of rotatable bonds is 2. The molecule has 0 radical (unpaired) electrons. The fourth-order valence-corrected chi connectivity index (χ4v) is 13.9. The summed E-state index contributed by atoms with van der Waals surface area (Å²) in [6, 6.07) is 63.0. The average Bonchev–Trinajstić information content (AvgIpc) is 4.01. The van der Waals surface area contributed by atoms with E-state index in [2.05, 4.69) is 176 Å². The van der Waals surface area contributed by atoms with E-state index in [1.165, 1.54) is 123 Å². The van der Waals surface area contributed by atoms with Gasteiger partial charge in [-0.25, -0.2) is 0 Å². The second-order valence-electron chi connectivity index (χ2n) is 16.2. The third kappa shape index (κ3) is 3.79. The summed E-state index contributed by atoms with van der Waals surface area (Å²) in [6.45, 7) is 0.